The number of imide groups is 1. The van der Waals surface area contributed by atoms with Crippen molar-refractivity contribution in [3.63, 3.8) is 0 Å². The van der Waals surface area contributed by atoms with E-state index in [0.29, 0.717) is 25.4 Å². The Kier molecular flexibility index (Phi) is 7.00. The molecule has 0 bridgehead atoms. The van der Waals surface area contributed by atoms with E-state index >= 15 is 0 Å². The number of nitrogens with one attached hydrogen (secondary N) is 2. The third-order valence-electron chi connectivity index (χ3n) is 6.80. The van der Waals surface area contributed by atoms with Gasteiger partial charge in [0, 0.05) is 19.6 Å². The van der Waals surface area contributed by atoms with Gasteiger partial charge in [0.2, 0.25) is 11.8 Å². The topological polar surface area (TPSA) is 119 Å². The highest BCUT2D eigenvalue weighted by Gasteiger charge is 2.48. The van der Waals surface area contributed by atoms with E-state index in [0.717, 1.165) is 49.8 Å². The number of amides is 5. The van der Waals surface area contributed by atoms with E-state index in [-0.39, 0.29) is 12.5 Å². The lowest BCUT2D eigenvalue weighted by Gasteiger charge is -2.35. The number of urea groups is 1. The summed E-state index contributed by atoms with van der Waals surface area (Å²) >= 11 is 0. The number of hydrogen-bond donors (Lipinski definition) is 3. The molecule has 3 aliphatic rings. The molecule has 0 unspecified atom stereocenters. The number of piperidine rings is 1. The van der Waals surface area contributed by atoms with Crippen LogP contribution in [0.25, 0.3) is 0 Å². The first kappa shape index (κ1) is 22.5. The number of carbonyl (C=O) groups excluding carboxylic acids is 4. The maximum Gasteiger partial charge on any atom is 0.325 e. The van der Waals surface area contributed by atoms with Crippen LogP contribution >= 0.6 is 0 Å². The largest absolute Gasteiger partial charge is 0.342 e. The zero-order valence-electron chi connectivity index (χ0n) is 18.0. The fourth-order valence-corrected chi connectivity index (χ4v) is 5.05. The fourth-order valence-electron chi connectivity index (χ4n) is 5.05. The molecule has 3 fully saturated rings. The Morgan fingerprint density at radius 2 is 1.73 bits per heavy atom. The summed E-state index contributed by atoms with van der Waals surface area (Å²) in [5.74, 6) is -2.61. The predicted molar refractivity (Wildman–Crippen MR) is 108 cm³/mol. The number of carbonyl (C=O) groups is 4. The van der Waals surface area contributed by atoms with Gasteiger partial charge in [-0.05, 0) is 45.4 Å². The smallest absolute Gasteiger partial charge is 0.325 e. The second-order valence-electron chi connectivity index (χ2n) is 9.43. The molecule has 3 N–H and O–H groups in total. The number of likely N-dealkylation sites (tertiary alicyclic amines) is 1. The Labute approximate surface area is 177 Å². The Morgan fingerprint density at radius 1 is 1.10 bits per heavy atom. The van der Waals surface area contributed by atoms with Crippen molar-refractivity contribution < 1.29 is 24.4 Å². The summed E-state index contributed by atoms with van der Waals surface area (Å²) < 4.78 is 0. The predicted octanol–water partition coefficient (Wildman–Crippen LogP) is 1.65. The van der Waals surface area contributed by atoms with Crippen molar-refractivity contribution in [2.24, 2.45) is 17.8 Å². The summed E-state index contributed by atoms with van der Waals surface area (Å²) in [6.07, 6.45) is 7.69. The van der Waals surface area contributed by atoms with Crippen molar-refractivity contribution in [3.05, 3.63) is 0 Å². The first-order chi connectivity index (χ1) is 14.2. The summed E-state index contributed by atoms with van der Waals surface area (Å²) in [7, 11) is 0. The van der Waals surface area contributed by atoms with E-state index in [9.17, 15) is 24.4 Å². The van der Waals surface area contributed by atoms with Crippen molar-refractivity contribution >= 4 is 23.8 Å². The van der Waals surface area contributed by atoms with E-state index in [4.69, 9.17) is 0 Å². The Balaban J connectivity index is 1.86. The van der Waals surface area contributed by atoms with Crippen molar-refractivity contribution in [1.29, 1.82) is 0 Å². The molecule has 168 valence electrons. The lowest BCUT2D eigenvalue weighted by atomic mass is 9.81. The van der Waals surface area contributed by atoms with Crippen LogP contribution in [0.3, 0.4) is 0 Å². The maximum atomic E-state index is 13.5. The van der Waals surface area contributed by atoms with Crippen molar-refractivity contribution in [2.75, 3.05) is 19.6 Å². The number of rotatable bonds is 7. The second kappa shape index (κ2) is 9.32. The molecule has 0 spiro atoms. The highest BCUT2D eigenvalue weighted by Crippen LogP contribution is 2.35. The quantitative estimate of drug-likeness (QED) is 0.327. The molecule has 30 heavy (non-hydrogen) atoms. The molecule has 3 rings (SSSR count). The number of hydroxylamine groups is 1. The number of nitrogens with zero attached hydrogens (tertiary/aromatic N) is 2. The summed E-state index contributed by atoms with van der Waals surface area (Å²) in [4.78, 5) is 54.0. The van der Waals surface area contributed by atoms with E-state index in [1.807, 2.05) is 0 Å². The van der Waals surface area contributed by atoms with Gasteiger partial charge in [-0.15, -0.1) is 0 Å². The van der Waals surface area contributed by atoms with Crippen molar-refractivity contribution in [2.45, 2.75) is 70.8 Å². The van der Waals surface area contributed by atoms with Gasteiger partial charge in [-0.2, -0.15) is 0 Å². The van der Waals surface area contributed by atoms with Gasteiger partial charge in [0.15, 0.2) is 0 Å². The van der Waals surface area contributed by atoms with E-state index in [1.165, 1.54) is 0 Å². The maximum absolute atomic E-state index is 13.5. The van der Waals surface area contributed by atoms with Crippen LogP contribution in [0.2, 0.25) is 0 Å². The van der Waals surface area contributed by atoms with Crippen LogP contribution < -0.4 is 10.8 Å². The van der Waals surface area contributed by atoms with E-state index < -0.39 is 35.2 Å². The normalized spacial score (nSPS) is 24.0. The molecule has 2 heterocycles. The molecule has 1 saturated carbocycles. The summed E-state index contributed by atoms with van der Waals surface area (Å²) in [6, 6.07) is -0.578. The highest BCUT2D eigenvalue weighted by atomic mass is 16.5. The molecule has 5 amide bonds. The molecule has 1 aliphatic carbocycles. The minimum Gasteiger partial charge on any atom is -0.342 e. The first-order valence-electron chi connectivity index (χ1n) is 11.1. The monoisotopic (exact) mass is 422 g/mol. The molecular weight excluding hydrogens is 388 g/mol. The van der Waals surface area contributed by atoms with Gasteiger partial charge < -0.3 is 10.2 Å². The average Bonchev–Trinajstić information content (AvgIpc) is 3.31. The van der Waals surface area contributed by atoms with Crippen LogP contribution in [0.5, 0.6) is 0 Å². The molecule has 2 aliphatic heterocycles. The molecule has 0 aromatic carbocycles. The standard InChI is InChI=1S/C21H34N4O5/c1-21(2)19(28)25(20(29)22-21)13-16(17(26)23-30)15(12-14-8-4-5-9-14)18(27)24-10-6-3-7-11-24/h14-16,30H,3-13H2,1-2H3,(H,22,29)(H,23,26)/t15-,16+/m1/s1. The van der Waals surface area contributed by atoms with Gasteiger partial charge in [-0.3, -0.25) is 24.5 Å². The molecule has 2 saturated heterocycles. The van der Waals surface area contributed by atoms with Crippen LogP contribution in [0.4, 0.5) is 4.79 Å². The van der Waals surface area contributed by atoms with Gasteiger partial charge >= 0.3 is 6.03 Å². The van der Waals surface area contributed by atoms with Gasteiger partial charge in [0.1, 0.15) is 5.54 Å². The Morgan fingerprint density at radius 3 is 2.27 bits per heavy atom. The van der Waals surface area contributed by atoms with E-state index in [2.05, 4.69) is 5.32 Å². The third-order valence-corrected chi connectivity index (χ3v) is 6.80. The lowest BCUT2D eigenvalue weighted by Crippen LogP contribution is -2.50. The van der Waals surface area contributed by atoms with Crippen molar-refractivity contribution in [1.82, 2.24) is 20.6 Å². The summed E-state index contributed by atoms with van der Waals surface area (Å²) in [6.45, 7) is 4.29. The van der Waals surface area contributed by atoms with Crippen LogP contribution in [0.1, 0.15) is 65.2 Å². The van der Waals surface area contributed by atoms with Gasteiger partial charge in [-0.25, -0.2) is 10.3 Å². The van der Waals surface area contributed by atoms with Crippen LogP contribution in [0.15, 0.2) is 0 Å². The minimum atomic E-state index is -1.06. The molecule has 0 aromatic heterocycles. The van der Waals surface area contributed by atoms with Crippen LogP contribution in [-0.4, -0.2) is 63.9 Å². The zero-order chi connectivity index (χ0) is 21.9. The summed E-state index contributed by atoms with van der Waals surface area (Å²) in [5, 5.41) is 12.0. The second-order valence-corrected chi connectivity index (χ2v) is 9.43. The van der Waals surface area contributed by atoms with Gasteiger partial charge in [-0.1, -0.05) is 25.7 Å². The molecule has 2 atom stereocenters. The first-order valence-corrected chi connectivity index (χ1v) is 11.1. The molecule has 9 nitrogen and oxygen atoms in total. The SMILES string of the molecule is CC1(C)NC(=O)N(C[C@H](C(=O)NO)[C@@H](CC2CCCC2)C(=O)N2CCCCC2)C1=O. The lowest BCUT2D eigenvalue weighted by molar-refractivity contribution is -0.148. The molecule has 9 heteroatoms. The average molecular weight is 423 g/mol. The minimum absolute atomic E-state index is 0.110. The fraction of sp³-hybridized carbons (Fsp3) is 0.810. The Hall–Kier alpha value is -2.16. The third kappa shape index (κ3) is 4.77. The Bertz CT molecular complexity index is 683. The molecule has 0 radical (unpaired) electrons. The zero-order valence-corrected chi connectivity index (χ0v) is 18.0. The van der Waals surface area contributed by atoms with Crippen LogP contribution in [-0.2, 0) is 14.4 Å². The number of hydrogen-bond acceptors (Lipinski definition) is 5. The molecular formula is C21H34N4O5. The van der Waals surface area contributed by atoms with Crippen molar-refractivity contribution in [3.8, 4) is 0 Å². The van der Waals surface area contributed by atoms with Gasteiger partial charge in [0.05, 0.1) is 11.8 Å². The van der Waals surface area contributed by atoms with Gasteiger partial charge in [0.25, 0.3) is 5.91 Å². The summed E-state index contributed by atoms with van der Waals surface area (Å²) in [5.41, 5.74) is 0.613. The highest BCUT2D eigenvalue weighted by molar-refractivity contribution is 6.06. The van der Waals surface area contributed by atoms with Crippen LogP contribution in [0, 0.1) is 17.8 Å². The molecule has 0 aromatic rings. The van der Waals surface area contributed by atoms with E-state index in [1.54, 1.807) is 24.2 Å².